The summed E-state index contributed by atoms with van der Waals surface area (Å²) >= 11 is 0. The standard InChI is InChI=1S/C10H14N2O3/c1-13-7-14-5-8-4-9-10(6-15-8)12-3-2-11-9/h2-3,8H,4-7H2,1H3/t8-/m0/s1. The number of rotatable bonds is 4. The van der Waals surface area contributed by atoms with Crippen molar-refractivity contribution in [3.05, 3.63) is 23.8 Å². The summed E-state index contributed by atoms with van der Waals surface area (Å²) in [4.78, 5) is 8.47. The third kappa shape index (κ3) is 2.71. The minimum Gasteiger partial charge on any atom is -0.369 e. The molecule has 1 atom stereocenters. The molecule has 0 spiro atoms. The highest BCUT2D eigenvalue weighted by molar-refractivity contribution is 5.13. The first-order chi connectivity index (χ1) is 7.40. The molecule has 2 heterocycles. The van der Waals surface area contributed by atoms with Crippen LogP contribution in [0.25, 0.3) is 0 Å². The molecule has 1 aromatic rings. The lowest BCUT2D eigenvalue weighted by Gasteiger charge is -2.23. The van der Waals surface area contributed by atoms with Crippen molar-refractivity contribution in [1.82, 2.24) is 9.97 Å². The summed E-state index contributed by atoms with van der Waals surface area (Å²) in [6, 6.07) is 0. The third-order valence-corrected chi connectivity index (χ3v) is 2.24. The van der Waals surface area contributed by atoms with Crippen LogP contribution < -0.4 is 0 Å². The van der Waals surface area contributed by atoms with Crippen molar-refractivity contribution in [3.63, 3.8) is 0 Å². The summed E-state index contributed by atoms with van der Waals surface area (Å²) in [5.41, 5.74) is 1.94. The zero-order valence-corrected chi connectivity index (χ0v) is 8.68. The summed E-state index contributed by atoms with van der Waals surface area (Å²) < 4.78 is 15.6. The summed E-state index contributed by atoms with van der Waals surface area (Å²) in [5.74, 6) is 0. The van der Waals surface area contributed by atoms with Gasteiger partial charge in [0.1, 0.15) is 6.79 Å². The first-order valence-corrected chi connectivity index (χ1v) is 4.87. The predicted octanol–water partition coefficient (Wildman–Crippen LogP) is 0.538. The second-order valence-electron chi connectivity index (χ2n) is 3.36. The van der Waals surface area contributed by atoms with Gasteiger partial charge in [-0.15, -0.1) is 0 Å². The normalized spacial score (nSPS) is 19.9. The largest absolute Gasteiger partial charge is 0.369 e. The van der Waals surface area contributed by atoms with Gasteiger partial charge in [0.2, 0.25) is 0 Å². The van der Waals surface area contributed by atoms with Crippen molar-refractivity contribution in [2.45, 2.75) is 19.1 Å². The van der Waals surface area contributed by atoms with Crippen LogP contribution in [0, 0.1) is 0 Å². The van der Waals surface area contributed by atoms with Crippen LogP contribution in [0.3, 0.4) is 0 Å². The Labute approximate surface area is 88.4 Å². The fourth-order valence-electron chi connectivity index (χ4n) is 1.53. The molecule has 0 radical (unpaired) electrons. The SMILES string of the molecule is COCOC[C@@H]1Cc2nccnc2CO1. The highest BCUT2D eigenvalue weighted by Gasteiger charge is 2.20. The number of hydrogen-bond acceptors (Lipinski definition) is 5. The van der Waals surface area contributed by atoms with E-state index in [0.29, 0.717) is 20.0 Å². The molecule has 15 heavy (non-hydrogen) atoms. The van der Waals surface area contributed by atoms with E-state index in [-0.39, 0.29) is 6.10 Å². The lowest BCUT2D eigenvalue weighted by Crippen LogP contribution is -2.28. The van der Waals surface area contributed by atoms with E-state index >= 15 is 0 Å². The van der Waals surface area contributed by atoms with Gasteiger partial charge in [-0.25, -0.2) is 0 Å². The minimum atomic E-state index is 0.0596. The topological polar surface area (TPSA) is 53.5 Å². The fraction of sp³-hybridized carbons (Fsp3) is 0.600. The second-order valence-corrected chi connectivity index (χ2v) is 3.36. The Balaban J connectivity index is 1.88. The Bertz CT molecular complexity index is 319. The minimum absolute atomic E-state index is 0.0596. The lowest BCUT2D eigenvalue weighted by molar-refractivity contribution is -0.0873. The molecule has 0 amide bonds. The van der Waals surface area contributed by atoms with Crippen molar-refractivity contribution in [3.8, 4) is 0 Å². The number of methoxy groups -OCH3 is 1. The maximum absolute atomic E-state index is 5.57. The molecule has 0 unspecified atom stereocenters. The Morgan fingerprint density at radius 2 is 2.20 bits per heavy atom. The number of fused-ring (bicyclic) bond motifs is 1. The summed E-state index contributed by atoms with van der Waals surface area (Å²) in [5, 5.41) is 0. The number of ether oxygens (including phenoxy) is 3. The quantitative estimate of drug-likeness (QED) is 0.536. The second kappa shape index (κ2) is 5.16. The van der Waals surface area contributed by atoms with Crippen molar-refractivity contribution >= 4 is 0 Å². The maximum atomic E-state index is 5.57. The van der Waals surface area contributed by atoms with Crippen molar-refractivity contribution in [2.24, 2.45) is 0 Å². The van der Waals surface area contributed by atoms with Gasteiger partial charge < -0.3 is 14.2 Å². The van der Waals surface area contributed by atoms with Crippen LogP contribution in [0.4, 0.5) is 0 Å². The first kappa shape index (κ1) is 10.5. The summed E-state index contributed by atoms with van der Waals surface area (Å²) in [6.45, 7) is 1.35. The average molecular weight is 210 g/mol. The van der Waals surface area contributed by atoms with E-state index in [4.69, 9.17) is 14.2 Å². The van der Waals surface area contributed by atoms with E-state index in [9.17, 15) is 0 Å². The van der Waals surface area contributed by atoms with Crippen LogP contribution in [-0.2, 0) is 27.2 Å². The molecule has 0 aromatic carbocycles. The number of hydrogen-bond donors (Lipinski definition) is 0. The summed E-state index contributed by atoms with van der Waals surface area (Å²) in [6.07, 6.45) is 4.21. The number of aromatic nitrogens is 2. The smallest absolute Gasteiger partial charge is 0.146 e. The molecule has 0 saturated carbocycles. The average Bonchev–Trinajstić information content (AvgIpc) is 2.29. The van der Waals surface area contributed by atoms with Crippen LogP contribution in [-0.4, -0.2) is 36.6 Å². The molecule has 0 aliphatic carbocycles. The third-order valence-electron chi connectivity index (χ3n) is 2.24. The highest BCUT2D eigenvalue weighted by Crippen LogP contribution is 2.16. The van der Waals surface area contributed by atoms with Crippen molar-refractivity contribution in [2.75, 3.05) is 20.5 Å². The highest BCUT2D eigenvalue weighted by atomic mass is 16.7. The maximum Gasteiger partial charge on any atom is 0.146 e. The van der Waals surface area contributed by atoms with E-state index in [1.165, 1.54) is 0 Å². The molecule has 2 rings (SSSR count). The zero-order valence-electron chi connectivity index (χ0n) is 8.68. The van der Waals surface area contributed by atoms with Gasteiger partial charge in [-0.05, 0) is 0 Å². The van der Waals surface area contributed by atoms with Crippen LogP contribution in [0.2, 0.25) is 0 Å². The zero-order chi connectivity index (χ0) is 10.5. The van der Waals surface area contributed by atoms with Crippen molar-refractivity contribution < 1.29 is 14.2 Å². The van der Waals surface area contributed by atoms with Crippen LogP contribution >= 0.6 is 0 Å². The van der Waals surface area contributed by atoms with E-state index in [2.05, 4.69) is 9.97 Å². The Morgan fingerprint density at radius 3 is 3.00 bits per heavy atom. The molecular weight excluding hydrogens is 196 g/mol. The molecule has 0 bridgehead atoms. The molecule has 82 valence electrons. The van der Waals surface area contributed by atoms with Crippen molar-refractivity contribution in [1.29, 1.82) is 0 Å². The van der Waals surface area contributed by atoms with Gasteiger partial charge in [-0.1, -0.05) is 0 Å². The molecule has 0 saturated heterocycles. The number of nitrogens with zero attached hydrogens (tertiary/aromatic N) is 2. The Hall–Kier alpha value is -1.04. The fourth-order valence-corrected chi connectivity index (χ4v) is 1.53. The van der Waals surface area contributed by atoms with Gasteiger partial charge >= 0.3 is 0 Å². The Morgan fingerprint density at radius 1 is 1.40 bits per heavy atom. The van der Waals surface area contributed by atoms with E-state index in [0.717, 1.165) is 17.8 Å². The van der Waals surface area contributed by atoms with Gasteiger partial charge in [0.25, 0.3) is 0 Å². The molecule has 1 aromatic heterocycles. The molecule has 1 aliphatic heterocycles. The molecule has 5 nitrogen and oxygen atoms in total. The van der Waals surface area contributed by atoms with Gasteiger partial charge in [0.15, 0.2) is 0 Å². The Kier molecular flexibility index (Phi) is 3.60. The van der Waals surface area contributed by atoms with Gasteiger partial charge in [-0.2, -0.15) is 0 Å². The van der Waals surface area contributed by atoms with Gasteiger partial charge in [0, 0.05) is 25.9 Å². The van der Waals surface area contributed by atoms with E-state index in [1.54, 1.807) is 19.5 Å². The van der Waals surface area contributed by atoms with Crippen LogP contribution in [0.5, 0.6) is 0 Å². The lowest BCUT2D eigenvalue weighted by atomic mass is 10.1. The van der Waals surface area contributed by atoms with Crippen LogP contribution in [0.1, 0.15) is 11.4 Å². The molecule has 0 N–H and O–H groups in total. The van der Waals surface area contributed by atoms with Crippen LogP contribution in [0.15, 0.2) is 12.4 Å². The summed E-state index contributed by atoms with van der Waals surface area (Å²) in [7, 11) is 1.60. The molecule has 5 heteroatoms. The van der Waals surface area contributed by atoms with E-state index < -0.39 is 0 Å². The monoisotopic (exact) mass is 210 g/mol. The molecular formula is C10H14N2O3. The molecule has 1 aliphatic rings. The first-order valence-electron chi connectivity index (χ1n) is 4.87. The predicted molar refractivity (Wildman–Crippen MR) is 52.1 cm³/mol. The van der Waals surface area contributed by atoms with Gasteiger partial charge in [-0.3, -0.25) is 9.97 Å². The van der Waals surface area contributed by atoms with Gasteiger partial charge in [0.05, 0.1) is 30.7 Å². The molecule has 0 fully saturated rings. The van der Waals surface area contributed by atoms with E-state index in [1.807, 2.05) is 0 Å².